The van der Waals surface area contributed by atoms with Gasteiger partial charge in [-0.3, -0.25) is 0 Å². The number of hydrogen-bond donors (Lipinski definition) is 0. The first-order valence-corrected chi connectivity index (χ1v) is 5.62. The molecular weight excluding hydrogens is 237 g/mol. The van der Waals surface area contributed by atoms with Crippen molar-refractivity contribution >= 4 is 0 Å². The van der Waals surface area contributed by atoms with E-state index in [0.29, 0.717) is 0 Å². The van der Waals surface area contributed by atoms with Crippen LogP contribution in [-0.4, -0.2) is 0 Å². The van der Waals surface area contributed by atoms with Crippen LogP contribution < -0.4 is 0 Å². The van der Waals surface area contributed by atoms with Gasteiger partial charge >= 0.3 is 6.18 Å². The van der Waals surface area contributed by atoms with Gasteiger partial charge in [0.2, 0.25) is 0 Å². The normalized spacial score (nSPS) is 11.6. The fourth-order valence-corrected chi connectivity index (χ4v) is 1.99. The molecule has 0 nitrogen and oxygen atoms in total. The van der Waals surface area contributed by atoms with Crippen molar-refractivity contribution in [1.29, 1.82) is 0 Å². The topological polar surface area (TPSA) is 0 Å². The Labute approximate surface area is 104 Å². The van der Waals surface area contributed by atoms with Crippen LogP contribution in [0.5, 0.6) is 0 Å². The molecule has 0 spiro atoms. The maximum atomic E-state index is 12.5. The second kappa shape index (κ2) is 4.48. The van der Waals surface area contributed by atoms with Crippen molar-refractivity contribution in [3.63, 3.8) is 0 Å². The molecule has 18 heavy (non-hydrogen) atoms. The molecule has 94 valence electrons. The van der Waals surface area contributed by atoms with Crippen molar-refractivity contribution in [2.24, 2.45) is 0 Å². The SMILES string of the molecule is Cc1cc(C)cc(-c2ccc(C(F)(F)F)cc2)c1. The Kier molecular flexibility index (Phi) is 3.16. The van der Waals surface area contributed by atoms with Crippen molar-refractivity contribution < 1.29 is 13.2 Å². The minimum Gasteiger partial charge on any atom is -0.166 e. The number of alkyl halides is 3. The lowest BCUT2D eigenvalue weighted by Gasteiger charge is -2.09. The Morgan fingerprint density at radius 3 is 1.67 bits per heavy atom. The second-order valence-electron chi connectivity index (χ2n) is 4.45. The molecule has 0 fully saturated rings. The molecule has 0 saturated carbocycles. The van der Waals surface area contributed by atoms with E-state index in [1.54, 1.807) is 0 Å². The summed E-state index contributed by atoms with van der Waals surface area (Å²) in [5.74, 6) is 0. The molecule has 2 aromatic carbocycles. The Bertz CT molecular complexity index is 531. The standard InChI is InChI=1S/C15H13F3/c1-10-7-11(2)9-13(8-10)12-3-5-14(6-4-12)15(16,17)18/h3-9H,1-2H3. The first-order valence-electron chi connectivity index (χ1n) is 5.62. The van der Waals surface area contributed by atoms with E-state index in [1.165, 1.54) is 12.1 Å². The average Bonchev–Trinajstić information content (AvgIpc) is 2.27. The lowest BCUT2D eigenvalue weighted by Crippen LogP contribution is -2.03. The Morgan fingerprint density at radius 2 is 1.22 bits per heavy atom. The van der Waals surface area contributed by atoms with Crippen LogP contribution >= 0.6 is 0 Å². The van der Waals surface area contributed by atoms with Gasteiger partial charge in [0.15, 0.2) is 0 Å². The summed E-state index contributed by atoms with van der Waals surface area (Å²) in [4.78, 5) is 0. The lowest BCUT2D eigenvalue weighted by molar-refractivity contribution is -0.137. The summed E-state index contributed by atoms with van der Waals surface area (Å²) < 4.78 is 37.4. The van der Waals surface area contributed by atoms with E-state index in [1.807, 2.05) is 32.0 Å². The number of halogens is 3. The van der Waals surface area contributed by atoms with Crippen molar-refractivity contribution in [2.45, 2.75) is 20.0 Å². The fraction of sp³-hybridized carbons (Fsp3) is 0.200. The molecule has 0 saturated heterocycles. The molecule has 2 aromatic rings. The lowest BCUT2D eigenvalue weighted by atomic mass is 10.00. The van der Waals surface area contributed by atoms with Crippen LogP contribution in [0.1, 0.15) is 16.7 Å². The van der Waals surface area contributed by atoms with Gasteiger partial charge in [0.1, 0.15) is 0 Å². The van der Waals surface area contributed by atoms with Gasteiger partial charge in [0.05, 0.1) is 5.56 Å². The number of aryl methyl sites for hydroxylation is 2. The van der Waals surface area contributed by atoms with Gasteiger partial charge in [-0.05, 0) is 37.1 Å². The van der Waals surface area contributed by atoms with Crippen LogP contribution in [0, 0.1) is 13.8 Å². The van der Waals surface area contributed by atoms with Crippen LogP contribution in [0.2, 0.25) is 0 Å². The molecule has 0 unspecified atom stereocenters. The van der Waals surface area contributed by atoms with E-state index in [2.05, 4.69) is 0 Å². The summed E-state index contributed by atoms with van der Waals surface area (Å²) in [5, 5.41) is 0. The first kappa shape index (κ1) is 12.7. The van der Waals surface area contributed by atoms with Gasteiger partial charge in [-0.15, -0.1) is 0 Å². The molecule has 0 bridgehead atoms. The zero-order chi connectivity index (χ0) is 13.3. The third-order valence-corrected chi connectivity index (χ3v) is 2.77. The quantitative estimate of drug-likeness (QED) is 0.669. The van der Waals surface area contributed by atoms with Crippen LogP contribution in [0.25, 0.3) is 11.1 Å². The van der Waals surface area contributed by atoms with E-state index in [0.717, 1.165) is 34.4 Å². The predicted octanol–water partition coefficient (Wildman–Crippen LogP) is 4.99. The number of hydrogen-bond acceptors (Lipinski definition) is 0. The van der Waals surface area contributed by atoms with Crippen LogP contribution in [0.15, 0.2) is 42.5 Å². The molecule has 0 aliphatic carbocycles. The van der Waals surface area contributed by atoms with Gasteiger partial charge in [0.25, 0.3) is 0 Å². The molecule has 0 radical (unpaired) electrons. The van der Waals surface area contributed by atoms with Crippen molar-refractivity contribution in [3.8, 4) is 11.1 Å². The Hall–Kier alpha value is -1.77. The van der Waals surface area contributed by atoms with Gasteiger partial charge < -0.3 is 0 Å². The van der Waals surface area contributed by atoms with Crippen LogP contribution in [0.3, 0.4) is 0 Å². The van der Waals surface area contributed by atoms with Gasteiger partial charge in [-0.1, -0.05) is 41.5 Å². The minimum absolute atomic E-state index is 0.615. The minimum atomic E-state index is -4.28. The molecule has 0 aliphatic heterocycles. The maximum Gasteiger partial charge on any atom is 0.416 e. The zero-order valence-electron chi connectivity index (χ0n) is 10.2. The third kappa shape index (κ3) is 2.73. The molecule has 0 heterocycles. The number of benzene rings is 2. The summed E-state index contributed by atoms with van der Waals surface area (Å²) >= 11 is 0. The van der Waals surface area contributed by atoms with Crippen LogP contribution in [-0.2, 0) is 6.18 Å². The van der Waals surface area contributed by atoms with Crippen LogP contribution in [0.4, 0.5) is 13.2 Å². The van der Waals surface area contributed by atoms with E-state index in [9.17, 15) is 13.2 Å². The summed E-state index contributed by atoms with van der Waals surface area (Å²) in [6.07, 6.45) is -4.28. The van der Waals surface area contributed by atoms with E-state index in [4.69, 9.17) is 0 Å². The molecule has 3 heteroatoms. The molecule has 0 aromatic heterocycles. The number of rotatable bonds is 1. The highest BCUT2D eigenvalue weighted by molar-refractivity contribution is 5.65. The van der Waals surface area contributed by atoms with Gasteiger partial charge in [0, 0.05) is 0 Å². The summed E-state index contributed by atoms with van der Waals surface area (Å²) in [6.45, 7) is 3.95. The van der Waals surface area contributed by atoms with Crippen molar-refractivity contribution in [3.05, 3.63) is 59.2 Å². The van der Waals surface area contributed by atoms with E-state index < -0.39 is 11.7 Å². The average molecular weight is 250 g/mol. The Balaban J connectivity index is 2.40. The molecular formula is C15H13F3. The van der Waals surface area contributed by atoms with Crippen molar-refractivity contribution in [1.82, 2.24) is 0 Å². The van der Waals surface area contributed by atoms with Gasteiger partial charge in [-0.25, -0.2) is 0 Å². The Morgan fingerprint density at radius 1 is 0.722 bits per heavy atom. The van der Waals surface area contributed by atoms with Gasteiger partial charge in [-0.2, -0.15) is 13.2 Å². The second-order valence-corrected chi connectivity index (χ2v) is 4.45. The monoisotopic (exact) mass is 250 g/mol. The third-order valence-electron chi connectivity index (χ3n) is 2.77. The highest BCUT2D eigenvalue weighted by Gasteiger charge is 2.29. The maximum absolute atomic E-state index is 12.5. The first-order chi connectivity index (χ1) is 8.36. The fourth-order valence-electron chi connectivity index (χ4n) is 1.99. The largest absolute Gasteiger partial charge is 0.416 e. The van der Waals surface area contributed by atoms with E-state index in [-0.39, 0.29) is 0 Å². The molecule has 0 amide bonds. The summed E-state index contributed by atoms with van der Waals surface area (Å²) in [6, 6.07) is 11.2. The zero-order valence-corrected chi connectivity index (χ0v) is 10.2. The molecule has 2 rings (SSSR count). The molecule has 0 aliphatic rings. The smallest absolute Gasteiger partial charge is 0.166 e. The molecule has 0 atom stereocenters. The molecule has 0 N–H and O–H groups in total. The van der Waals surface area contributed by atoms with Crippen molar-refractivity contribution in [2.75, 3.05) is 0 Å². The van der Waals surface area contributed by atoms with E-state index >= 15 is 0 Å². The highest BCUT2D eigenvalue weighted by atomic mass is 19.4. The summed E-state index contributed by atoms with van der Waals surface area (Å²) in [5.41, 5.74) is 3.33. The predicted molar refractivity (Wildman–Crippen MR) is 66.4 cm³/mol. The highest BCUT2D eigenvalue weighted by Crippen LogP contribution is 2.31. The summed E-state index contributed by atoms with van der Waals surface area (Å²) in [7, 11) is 0.